The molecule has 6 nitrogen and oxygen atoms in total. The summed E-state index contributed by atoms with van der Waals surface area (Å²) in [5.74, 6) is -1.53. The van der Waals surface area contributed by atoms with Crippen LogP contribution >= 0.6 is 11.3 Å². The first-order valence-electron chi connectivity index (χ1n) is 8.66. The van der Waals surface area contributed by atoms with Gasteiger partial charge in [-0.1, -0.05) is 35.6 Å². The molecular formula is C19H19N3O3S. The van der Waals surface area contributed by atoms with E-state index in [4.69, 9.17) is 0 Å². The lowest BCUT2D eigenvalue weighted by Crippen LogP contribution is -2.46. The number of aromatic nitrogens is 1. The summed E-state index contributed by atoms with van der Waals surface area (Å²) in [5, 5.41) is 3.24. The topological polar surface area (TPSA) is 79.4 Å². The maximum absolute atomic E-state index is 12.7. The number of likely N-dealkylation sites (tertiary alicyclic amines) is 1. The molecule has 3 amide bonds. The molecule has 3 atom stereocenters. The number of hydrogen-bond acceptors (Lipinski definition) is 5. The molecule has 134 valence electrons. The van der Waals surface area contributed by atoms with E-state index in [9.17, 15) is 14.4 Å². The van der Waals surface area contributed by atoms with Gasteiger partial charge in [0.05, 0.1) is 22.1 Å². The average molecular weight is 369 g/mol. The van der Waals surface area contributed by atoms with Gasteiger partial charge in [-0.05, 0) is 38.3 Å². The van der Waals surface area contributed by atoms with Crippen molar-refractivity contribution in [1.82, 2.24) is 9.88 Å². The van der Waals surface area contributed by atoms with Crippen LogP contribution in [0.25, 0.3) is 10.2 Å². The monoisotopic (exact) mass is 369 g/mol. The van der Waals surface area contributed by atoms with Gasteiger partial charge in [-0.15, -0.1) is 0 Å². The van der Waals surface area contributed by atoms with E-state index in [0.717, 1.165) is 20.7 Å². The predicted molar refractivity (Wildman–Crippen MR) is 99.7 cm³/mol. The highest BCUT2D eigenvalue weighted by molar-refractivity contribution is 7.22. The third-order valence-electron chi connectivity index (χ3n) is 5.16. The van der Waals surface area contributed by atoms with E-state index in [0.29, 0.717) is 18.0 Å². The van der Waals surface area contributed by atoms with Crippen LogP contribution in [0.15, 0.2) is 30.4 Å². The molecule has 2 aliphatic rings. The van der Waals surface area contributed by atoms with Gasteiger partial charge in [-0.2, -0.15) is 0 Å². The number of para-hydroxylation sites is 1. The number of rotatable bonds is 3. The molecule has 0 saturated carbocycles. The van der Waals surface area contributed by atoms with Gasteiger partial charge < -0.3 is 5.32 Å². The summed E-state index contributed by atoms with van der Waals surface area (Å²) in [6.07, 6.45) is 5.00. The predicted octanol–water partition coefficient (Wildman–Crippen LogP) is 2.88. The summed E-state index contributed by atoms with van der Waals surface area (Å²) < 4.78 is 0.985. The van der Waals surface area contributed by atoms with Gasteiger partial charge in [0.1, 0.15) is 6.04 Å². The normalized spacial score (nSPS) is 23.4. The highest BCUT2D eigenvalue weighted by atomic mass is 32.1. The van der Waals surface area contributed by atoms with Crippen molar-refractivity contribution < 1.29 is 14.4 Å². The van der Waals surface area contributed by atoms with Gasteiger partial charge in [0.25, 0.3) is 0 Å². The lowest BCUT2D eigenvalue weighted by molar-refractivity contribution is -0.146. The molecule has 1 aromatic carbocycles. The fourth-order valence-electron chi connectivity index (χ4n) is 3.67. The Morgan fingerprint density at radius 1 is 1.23 bits per heavy atom. The highest BCUT2D eigenvalue weighted by Gasteiger charge is 2.50. The molecule has 1 aliphatic carbocycles. The van der Waals surface area contributed by atoms with Gasteiger partial charge in [0, 0.05) is 0 Å². The summed E-state index contributed by atoms with van der Waals surface area (Å²) in [7, 11) is 0. The number of nitrogens with zero attached hydrogens (tertiary/aromatic N) is 2. The molecule has 4 rings (SSSR count). The van der Waals surface area contributed by atoms with E-state index >= 15 is 0 Å². The average Bonchev–Trinajstić information content (AvgIpc) is 3.15. The summed E-state index contributed by atoms with van der Waals surface area (Å²) in [6, 6.07) is 5.01. The summed E-state index contributed by atoms with van der Waals surface area (Å²) in [4.78, 5) is 43.5. The zero-order valence-corrected chi connectivity index (χ0v) is 15.4. The van der Waals surface area contributed by atoms with Crippen molar-refractivity contribution in [2.24, 2.45) is 11.8 Å². The molecule has 1 aliphatic heterocycles. The minimum atomic E-state index is -0.853. The summed E-state index contributed by atoms with van der Waals surface area (Å²) in [5.41, 5.74) is 1.89. The fourth-order valence-corrected chi connectivity index (χ4v) is 4.62. The second-order valence-electron chi connectivity index (χ2n) is 6.81. The maximum Gasteiger partial charge on any atom is 0.249 e. The molecule has 1 N–H and O–H groups in total. The Labute approximate surface area is 154 Å². The van der Waals surface area contributed by atoms with Crippen LogP contribution in [0.1, 0.15) is 25.3 Å². The van der Waals surface area contributed by atoms with Crippen LogP contribution in [-0.4, -0.2) is 33.6 Å². The first-order valence-corrected chi connectivity index (χ1v) is 9.48. The molecule has 0 spiro atoms. The molecule has 1 saturated heterocycles. The van der Waals surface area contributed by atoms with Crippen molar-refractivity contribution in [2.75, 3.05) is 5.32 Å². The highest BCUT2D eigenvalue weighted by Crippen LogP contribution is 2.36. The quantitative estimate of drug-likeness (QED) is 0.666. The van der Waals surface area contributed by atoms with Crippen molar-refractivity contribution in [3.63, 3.8) is 0 Å². The van der Waals surface area contributed by atoms with E-state index in [-0.39, 0.29) is 23.7 Å². The number of carbonyl (C=O) groups excluding carboxylic acids is 3. The molecular weight excluding hydrogens is 350 g/mol. The van der Waals surface area contributed by atoms with Gasteiger partial charge in [0.15, 0.2) is 5.13 Å². The molecule has 26 heavy (non-hydrogen) atoms. The Hall–Kier alpha value is -2.54. The largest absolute Gasteiger partial charge is 0.300 e. The van der Waals surface area contributed by atoms with Crippen LogP contribution in [0.4, 0.5) is 5.13 Å². The third-order valence-corrected chi connectivity index (χ3v) is 6.10. The van der Waals surface area contributed by atoms with Crippen LogP contribution in [0.2, 0.25) is 0 Å². The standard InChI is InChI=1S/C19H19N3O3S/c1-10-6-5-9-14-15(10)20-19(26-14)21-16(23)11(2)22-17(24)12-7-3-4-8-13(12)18(22)25/h3-6,9,11-13H,7-8H2,1-2H3,(H,20,21,23)/t11-,12?,13?/m0/s1. The van der Waals surface area contributed by atoms with Crippen LogP contribution in [0.3, 0.4) is 0 Å². The Bertz CT molecular complexity index is 923. The number of thiazole rings is 1. The SMILES string of the molecule is Cc1cccc2sc(NC(=O)[C@H](C)N3C(=O)C4CC=CCC4C3=O)nc12. The Balaban J connectivity index is 1.53. The van der Waals surface area contributed by atoms with Gasteiger partial charge >= 0.3 is 0 Å². The Morgan fingerprint density at radius 3 is 2.50 bits per heavy atom. The number of nitrogens with one attached hydrogen (secondary N) is 1. The van der Waals surface area contributed by atoms with Crippen LogP contribution in [0, 0.1) is 18.8 Å². The number of carbonyl (C=O) groups is 3. The lowest BCUT2D eigenvalue weighted by Gasteiger charge is -2.21. The smallest absolute Gasteiger partial charge is 0.249 e. The summed E-state index contributed by atoms with van der Waals surface area (Å²) >= 11 is 1.38. The maximum atomic E-state index is 12.7. The molecule has 0 radical (unpaired) electrons. The molecule has 2 aromatic rings. The van der Waals surface area contributed by atoms with Gasteiger partial charge in [-0.3, -0.25) is 19.3 Å². The zero-order valence-electron chi connectivity index (χ0n) is 14.6. The number of allylic oxidation sites excluding steroid dienone is 2. The van der Waals surface area contributed by atoms with Crippen molar-refractivity contribution in [3.8, 4) is 0 Å². The van der Waals surface area contributed by atoms with Gasteiger partial charge in [0.2, 0.25) is 17.7 Å². The summed E-state index contributed by atoms with van der Waals surface area (Å²) in [6.45, 7) is 3.56. The Morgan fingerprint density at radius 2 is 1.88 bits per heavy atom. The van der Waals surface area contributed by atoms with Crippen LogP contribution in [-0.2, 0) is 14.4 Å². The van der Waals surface area contributed by atoms with Crippen LogP contribution in [0.5, 0.6) is 0 Å². The zero-order chi connectivity index (χ0) is 18.4. The molecule has 1 aromatic heterocycles. The van der Waals surface area contributed by atoms with E-state index in [1.807, 2.05) is 37.3 Å². The van der Waals surface area contributed by atoms with E-state index in [1.165, 1.54) is 11.3 Å². The number of amides is 3. The van der Waals surface area contributed by atoms with Crippen molar-refractivity contribution in [2.45, 2.75) is 32.7 Å². The minimum Gasteiger partial charge on any atom is -0.300 e. The lowest BCUT2D eigenvalue weighted by atomic mass is 9.85. The minimum absolute atomic E-state index is 0.243. The Kier molecular flexibility index (Phi) is 4.11. The van der Waals surface area contributed by atoms with Crippen molar-refractivity contribution in [3.05, 3.63) is 35.9 Å². The van der Waals surface area contributed by atoms with Crippen molar-refractivity contribution >= 4 is 44.4 Å². The number of imide groups is 1. The number of hydrogen-bond donors (Lipinski definition) is 1. The fraction of sp³-hybridized carbons (Fsp3) is 0.368. The van der Waals surface area contributed by atoms with Crippen molar-refractivity contribution in [1.29, 1.82) is 0 Å². The molecule has 0 bridgehead atoms. The third kappa shape index (κ3) is 2.63. The van der Waals surface area contributed by atoms with E-state index < -0.39 is 11.9 Å². The second-order valence-corrected chi connectivity index (χ2v) is 7.84. The number of aryl methyl sites for hydroxylation is 1. The van der Waals surface area contributed by atoms with E-state index in [1.54, 1.807) is 6.92 Å². The first kappa shape index (κ1) is 16.9. The van der Waals surface area contributed by atoms with Gasteiger partial charge in [-0.25, -0.2) is 4.98 Å². The van der Waals surface area contributed by atoms with E-state index in [2.05, 4.69) is 10.3 Å². The first-order chi connectivity index (χ1) is 12.5. The molecule has 1 fully saturated rings. The molecule has 7 heteroatoms. The number of fused-ring (bicyclic) bond motifs is 2. The van der Waals surface area contributed by atoms with Crippen LogP contribution < -0.4 is 5.32 Å². The molecule has 2 unspecified atom stereocenters. The number of anilines is 1. The number of benzene rings is 1. The second kappa shape index (κ2) is 6.32. The molecule has 2 heterocycles.